The number of hydrogen-bond acceptors (Lipinski definition) is 2. The van der Waals surface area contributed by atoms with Crippen molar-refractivity contribution in [2.24, 2.45) is 0 Å². The molecule has 0 aliphatic heterocycles. The minimum absolute atomic E-state index is 0.631. The average Bonchev–Trinajstić information content (AvgIpc) is 2.61. The van der Waals surface area contributed by atoms with Gasteiger partial charge in [-0.2, -0.15) is 0 Å². The highest BCUT2D eigenvalue weighted by Gasteiger charge is 2.12. The largest absolute Gasteiger partial charge is 0.489 e. The van der Waals surface area contributed by atoms with E-state index < -0.39 is 0 Å². The number of aryl methyl sites for hydroxylation is 1. The molecule has 3 rings (SSSR count). The molecule has 0 saturated heterocycles. The van der Waals surface area contributed by atoms with Crippen LogP contribution in [0.15, 0.2) is 48.5 Å². The minimum Gasteiger partial charge on any atom is -0.489 e. The summed E-state index contributed by atoms with van der Waals surface area (Å²) >= 11 is 0. The van der Waals surface area contributed by atoms with Gasteiger partial charge in [-0.1, -0.05) is 55.7 Å². The zero-order valence-electron chi connectivity index (χ0n) is 14.1. The molecule has 23 heavy (non-hydrogen) atoms. The molecule has 0 heterocycles. The summed E-state index contributed by atoms with van der Waals surface area (Å²) < 4.78 is 5.90. The van der Waals surface area contributed by atoms with Crippen LogP contribution in [0.2, 0.25) is 0 Å². The first-order valence-corrected chi connectivity index (χ1v) is 8.81. The second-order valence-corrected chi connectivity index (χ2v) is 6.57. The van der Waals surface area contributed by atoms with E-state index in [1.807, 2.05) is 0 Å². The molecule has 2 nitrogen and oxygen atoms in total. The molecule has 122 valence electrons. The Morgan fingerprint density at radius 1 is 0.957 bits per heavy atom. The SMILES string of the molecule is Cc1ccccc1COc1ccc(CNC2CCCCC2)cc1. The minimum atomic E-state index is 0.631. The summed E-state index contributed by atoms with van der Waals surface area (Å²) in [6.45, 7) is 3.72. The number of rotatable bonds is 6. The van der Waals surface area contributed by atoms with Gasteiger partial charge in [0.15, 0.2) is 0 Å². The topological polar surface area (TPSA) is 21.3 Å². The van der Waals surface area contributed by atoms with E-state index in [4.69, 9.17) is 4.74 Å². The summed E-state index contributed by atoms with van der Waals surface area (Å²) in [5, 5.41) is 3.68. The first kappa shape index (κ1) is 16.1. The highest BCUT2D eigenvalue weighted by atomic mass is 16.5. The summed E-state index contributed by atoms with van der Waals surface area (Å²) in [7, 11) is 0. The van der Waals surface area contributed by atoms with Crippen molar-refractivity contribution in [3.05, 3.63) is 65.2 Å². The van der Waals surface area contributed by atoms with E-state index in [0.717, 1.165) is 12.3 Å². The fourth-order valence-electron chi connectivity index (χ4n) is 3.21. The summed E-state index contributed by atoms with van der Waals surface area (Å²) in [5.74, 6) is 0.940. The quantitative estimate of drug-likeness (QED) is 0.811. The summed E-state index contributed by atoms with van der Waals surface area (Å²) in [6.07, 6.45) is 6.83. The molecule has 1 N–H and O–H groups in total. The van der Waals surface area contributed by atoms with Crippen LogP contribution in [0.5, 0.6) is 5.75 Å². The van der Waals surface area contributed by atoms with Crippen molar-refractivity contribution in [2.75, 3.05) is 0 Å². The smallest absolute Gasteiger partial charge is 0.119 e. The van der Waals surface area contributed by atoms with Crippen LogP contribution in [0.4, 0.5) is 0 Å². The molecule has 2 aromatic rings. The lowest BCUT2D eigenvalue weighted by Gasteiger charge is -2.22. The van der Waals surface area contributed by atoms with Gasteiger partial charge in [0.25, 0.3) is 0 Å². The molecule has 2 aromatic carbocycles. The molecule has 1 aliphatic rings. The van der Waals surface area contributed by atoms with Crippen LogP contribution in [-0.2, 0) is 13.2 Å². The first-order valence-electron chi connectivity index (χ1n) is 8.81. The van der Waals surface area contributed by atoms with Gasteiger partial charge in [0.2, 0.25) is 0 Å². The fraction of sp³-hybridized carbons (Fsp3) is 0.429. The molecule has 1 saturated carbocycles. The molecule has 2 heteroatoms. The van der Waals surface area contributed by atoms with Gasteiger partial charge >= 0.3 is 0 Å². The monoisotopic (exact) mass is 309 g/mol. The van der Waals surface area contributed by atoms with Gasteiger partial charge in [-0.15, -0.1) is 0 Å². The average molecular weight is 309 g/mol. The molecular weight excluding hydrogens is 282 g/mol. The summed E-state index contributed by atoms with van der Waals surface area (Å²) in [4.78, 5) is 0. The third-order valence-corrected chi connectivity index (χ3v) is 4.78. The van der Waals surface area contributed by atoms with E-state index in [-0.39, 0.29) is 0 Å². The van der Waals surface area contributed by atoms with Crippen LogP contribution in [0, 0.1) is 6.92 Å². The molecular formula is C21H27NO. The Morgan fingerprint density at radius 2 is 1.70 bits per heavy atom. The number of benzene rings is 2. The Kier molecular flexibility index (Phi) is 5.71. The predicted molar refractivity (Wildman–Crippen MR) is 95.7 cm³/mol. The second-order valence-electron chi connectivity index (χ2n) is 6.57. The van der Waals surface area contributed by atoms with Crippen molar-refractivity contribution >= 4 is 0 Å². The molecule has 0 unspecified atom stereocenters. The van der Waals surface area contributed by atoms with Crippen LogP contribution >= 0.6 is 0 Å². The normalized spacial score (nSPS) is 15.5. The molecule has 0 atom stereocenters. The Bertz CT molecular complexity index is 599. The van der Waals surface area contributed by atoms with Gasteiger partial charge in [0.1, 0.15) is 12.4 Å². The fourth-order valence-corrected chi connectivity index (χ4v) is 3.21. The predicted octanol–water partition coefficient (Wildman–Crippen LogP) is 5.00. The molecule has 0 radical (unpaired) electrons. The van der Waals surface area contributed by atoms with E-state index in [1.54, 1.807) is 0 Å². The van der Waals surface area contributed by atoms with Gasteiger partial charge < -0.3 is 10.1 Å². The van der Waals surface area contributed by atoms with E-state index >= 15 is 0 Å². The molecule has 0 spiro atoms. The van der Waals surface area contributed by atoms with Crippen LogP contribution in [0.1, 0.15) is 48.8 Å². The van der Waals surface area contributed by atoms with Crippen molar-refractivity contribution in [3.63, 3.8) is 0 Å². The highest BCUT2D eigenvalue weighted by Crippen LogP contribution is 2.19. The molecule has 1 aliphatic carbocycles. The maximum Gasteiger partial charge on any atom is 0.119 e. The second kappa shape index (κ2) is 8.16. The lowest BCUT2D eigenvalue weighted by atomic mass is 9.95. The lowest BCUT2D eigenvalue weighted by molar-refractivity contribution is 0.305. The zero-order chi connectivity index (χ0) is 15.9. The number of ether oxygens (including phenoxy) is 1. The van der Waals surface area contributed by atoms with Gasteiger partial charge in [0.05, 0.1) is 0 Å². The molecule has 0 bridgehead atoms. The van der Waals surface area contributed by atoms with Gasteiger partial charge in [-0.05, 0) is 48.6 Å². The Hall–Kier alpha value is -1.80. The van der Waals surface area contributed by atoms with Crippen LogP contribution in [-0.4, -0.2) is 6.04 Å². The zero-order valence-corrected chi connectivity index (χ0v) is 14.1. The lowest BCUT2D eigenvalue weighted by Crippen LogP contribution is -2.30. The Balaban J connectivity index is 1.48. The number of nitrogens with one attached hydrogen (secondary N) is 1. The summed E-state index contributed by atoms with van der Waals surface area (Å²) in [5.41, 5.74) is 3.86. The highest BCUT2D eigenvalue weighted by molar-refractivity contribution is 5.29. The first-order chi connectivity index (χ1) is 11.3. The van der Waals surface area contributed by atoms with Crippen molar-refractivity contribution < 1.29 is 4.74 Å². The van der Waals surface area contributed by atoms with Gasteiger partial charge in [-0.25, -0.2) is 0 Å². The van der Waals surface area contributed by atoms with E-state index in [2.05, 4.69) is 60.8 Å². The van der Waals surface area contributed by atoms with Crippen molar-refractivity contribution in [1.29, 1.82) is 0 Å². The maximum absolute atomic E-state index is 5.90. The summed E-state index contributed by atoms with van der Waals surface area (Å²) in [6, 6.07) is 17.6. The van der Waals surface area contributed by atoms with E-state index in [1.165, 1.54) is 48.8 Å². The van der Waals surface area contributed by atoms with E-state index in [9.17, 15) is 0 Å². The Labute approximate surface area is 139 Å². The molecule has 1 fully saturated rings. The van der Waals surface area contributed by atoms with Gasteiger partial charge in [0, 0.05) is 12.6 Å². The van der Waals surface area contributed by atoms with Crippen molar-refractivity contribution in [2.45, 2.75) is 58.2 Å². The third kappa shape index (κ3) is 4.84. The van der Waals surface area contributed by atoms with Crippen LogP contribution in [0.3, 0.4) is 0 Å². The molecule has 0 aromatic heterocycles. The van der Waals surface area contributed by atoms with Crippen molar-refractivity contribution in [3.8, 4) is 5.75 Å². The van der Waals surface area contributed by atoms with E-state index in [0.29, 0.717) is 12.6 Å². The standard InChI is InChI=1S/C21H27NO/c1-17-7-5-6-8-19(17)16-23-21-13-11-18(12-14-21)15-22-20-9-3-2-4-10-20/h5-8,11-14,20,22H,2-4,9-10,15-16H2,1H3. The van der Waals surface area contributed by atoms with Crippen LogP contribution in [0.25, 0.3) is 0 Å². The number of hydrogen-bond donors (Lipinski definition) is 1. The van der Waals surface area contributed by atoms with Gasteiger partial charge in [-0.3, -0.25) is 0 Å². The van der Waals surface area contributed by atoms with Crippen molar-refractivity contribution in [1.82, 2.24) is 5.32 Å². The maximum atomic E-state index is 5.90. The van der Waals surface area contributed by atoms with Crippen LogP contribution < -0.4 is 10.1 Å². The molecule has 0 amide bonds. The Morgan fingerprint density at radius 3 is 2.43 bits per heavy atom. The third-order valence-electron chi connectivity index (χ3n) is 4.78.